The molecule has 25 heavy (non-hydrogen) atoms. The molecular weight excluding hydrogens is 336 g/mol. The third-order valence-electron chi connectivity index (χ3n) is 4.68. The van der Waals surface area contributed by atoms with Crippen molar-refractivity contribution in [2.45, 2.75) is 26.7 Å². The molecule has 1 fully saturated rings. The van der Waals surface area contributed by atoms with E-state index in [2.05, 4.69) is 12.2 Å². The number of carbonyl (C=O) groups is 2. The van der Waals surface area contributed by atoms with Crippen molar-refractivity contribution in [1.29, 1.82) is 0 Å². The lowest BCUT2D eigenvalue weighted by Crippen LogP contribution is -2.28. The number of aryl methyl sites for hydroxylation is 1. The van der Waals surface area contributed by atoms with E-state index in [-0.39, 0.29) is 24.2 Å². The van der Waals surface area contributed by atoms with Crippen LogP contribution in [0.4, 0.5) is 11.4 Å². The zero-order valence-electron chi connectivity index (χ0n) is 14.4. The Bertz CT molecular complexity index is 819. The molecule has 5 heteroatoms. The Balaban J connectivity index is 1.76. The SMILES string of the molecule is CCc1ccccc1N1C[C@@H](C(=O)Nc2cccc(Cl)c2C)CC1=O. The quantitative estimate of drug-likeness (QED) is 0.892. The zero-order valence-corrected chi connectivity index (χ0v) is 15.1. The van der Waals surface area contributed by atoms with E-state index in [0.29, 0.717) is 17.3 Å². The molecule has 0 bridgehead atoms. The summed E-state index contributed by atoms with van der Waals surface area (Å²) in [6, 6.07) is 13.3. The number of carbonyl (C=O) groups excluding carboxylic acids is 2. The van der Waals surface area contributed by atoms with Crippen molar-refractivity contribution < 1.29 is 9.59 Å². The molecule has 130 valence electrons. The molecule has 2 amide bonds. The van der Waals surface area contributed by atoms with Gasteiger partial charge < -0.3 is 10.2 Å². The van der Waals surface area contributed by atoms with Crippen molar-refractivity contribution in [2.24, 2.45) is 5.92 Å². The highest BCUT2D eigenvalue weighted by molar-refractivity contribution is 6.31. The normalized spacial score (nSPS) is 17.0. The molecule has 1 atom stereocenters. The van der Waals surface area contributed by atoms with Gasteiger partial charge in [0.25, 0.3) is 0 Å². The fourth-order valence-electron chi connectivity index (χ4n) is 3.17. The predicted octanol–water partition coefficient (Wildman–Crippen LogP) is 4.20. The lowest BCUT2D eigenvalue weighted by molar-refractivity contribution is -0.122. The van der Waals surface area contributed by atoms with Crippen molar-refractivity contribution in [3.63, 3.8) is 0 Å². The molecule has 1 aliphatic rings. The second-order valence-electron chi connectivity index (χ2n) is 6.29. The molecule has 1 aliphatic heterocycles. The number of nitrogens with zero attached hydrogens (tertiary/aromatic N) is 1. The minimum absolute atomic E-state index is 0.0103. The van der Waals surface area contributed by atoms with Gasteiger partial charge in [-0.25, -0.2) is 0 Å². The minimum atomic E-state index is -0.365. The topological polar surface area (TPSA) is 49.4 Å². The molecule has 0 aliphatic carbocycles. The molecule has 3 rings (SSSR count). The van der Waals surface area contributed by atoms with Gasteiger partial charge in [-0.1, -0.05) is 42.8 Å². The molecule has 1 saturated heterocycles. The molecule has 1 heterocycles. The highest BCUT2D eigenvalue weighted by atomic mass is 35.5. The molecule has 1 N–H and O–H groups in total. The zero-order chi connectivity index (χ0) is 18.0. The van der Waals surface area contributed by atoms with Crippen LogP contribution in [0.25, 0.3) is 0 Å². The standard InChI is InChI=1S/C20H21ClN2O2/c1-3-14-7-4-5-10-18(14)23-12-15(11-19(23)24)20(25)22-17-9-6-8-16(21)13(17)2/h4-10,15H,3,11-12H2,1-2H3,(H,22,25)/t15-/m0/s1. The smallest absolute Gasteiger partial charge is 0.229 e. The predicted molar refractivity (Wildman–Crippen MR) is 101 cm³/mol. The van der Waals surface area contributed by atoms with Crippen LogP contribution in [0, 0.1) is 12.8 Å². The number of hydrogen-bond acceptors (Lipinski definition) is 2. The maximum Gasteiger partial charge on any atom is 0.229 e. The summed E-state index contributed by atoms with van der Waals surface area (Å²) in [4.78, 5) is 26.8. The first-order chi connectivity index (χ1) is 12.0. The van der Waals surface area contributed by atoms with Crippen molar-refractivity contribution in [2.75, 3.05) is 16.8 Å². The Morgan fingerprint density at radius 3 is 2.76 bits per heavy atom. The van der Waals surface area contributed by atoms with Gasteiger partial charge in [0.1, 0.15) is 0 Å². The Kier molecular flexibility index (Phi) is 5.09. The van der Waals surface area contributed by atoms with E-state index in [1.165, 1.54) is 0 Å². The van der Waals surface area contributed by atoms with Gasteiger partial charge >= 0.3 is 0 Å². The van der Waals surface area contributed by atoms with Gasteiger partial charge in [-0.3, -0.25) is 9.59 Å². The Labute approximate surface area is 152 Å². The number of amides is 2. The van der Waals surface area contributed by atoms with Gasteiger partial charge in [-0.2, -0.15) is 0 Å². The van der Waals surface area contributed by atoms with Crippen LogP contribution in [0.5, 0.6) is 0 Å². The van der Waals surface area contributed by atoms with Crippen LogP contribution in [0.2, 0.25) is 5.02 Å². The van der Waals surface area contributed by atoms with Crippen LogP contribution >= 0.6 is 11.6 Å². The van der Waals surface area contributed by atoms with E-state index in [4.69, 9.17) is 11.6 Å². The number of rotatable bonds is 4. The summed E-state index contributed by atoms with van der Waals surface area (Å²) < 4.78 is 0. The molecule has 0 spiro atoms. The summed E-state index contributed by atoms with van der Waals surface area (Å²) in [7, 11) is 0. The van der Waals surface area contributed by atoms with Gasteiger partial charge in [-0.15, -0.1) is 0 Å². The summed E-state index contributed by atoms with van der Waals surface area (Å²) in [5.74, 6) is -0.519. The first kappa shape index (κ1) is 17.5. The molecule has 0 saturated carbocycles. The average Bonchev–Trinajstić information content (AvgIpc) is 3.00. The largest absolute Gasteiger partial charge is 0.325 e. The number of nitrogens with one attached hydrogen (secondary N) is 1. The third kappa shape index (κ3) is 3.54. The van der Waals surface area contributed by atoms with Crippen LogP contribution in [-0.4, -0.2) is 18.4 Å². The Hall–Kier alpha value is -2.33. The molecular formula is C20H21ClN2O2. The van der Waals surface area contributed by atoms with Crippen molar-refractivity contribution in [3.05, 3.63) is 58.6 Å². The first-order valence-electron chi connectivity index (χ1n) is 8.45. The number of halogens is 1. The van der Waals surface area contributed by atoms with Crippen LogP contribution in [0.3, 0.4) is 0 Å². The molecule has 2 aromatic rings. The maximum absolute atomic E-state index is 12.6. The molecule has 0 radical (unpaired) electrons. The first-order valence-corrected chi connectivity index (χ1v) is 8.83. The van der Waals surface area contributed by atoms with Crippen molar-refractivity contribution in [3.8, 4) is 0 Å². The third-order valence-corrected chi connectivity index (χ3v) is 5.09. The second kappa shape index (κ2) is 7.28. The van der Waals surface area contributed by atoms with Crippen LogP contribution in [-0.2, 0) is 16.0 Å². The fourth-order valence-corrected chi connectivity index (χ4v) is 3.34. The van der Waals surface area contributed by atoms with E-state index in [0.717, 1.165) is 23.2 Å². The highest BCUT2D eigenvalue weighted by Gasteiger charge is 2.35. The Morgan fingerprint density at radius 2 is 2.00 bits per heavy atom. The van der Waals surface area contributed by atoms with E-state index in [9.17, 15) is 9.59 Å². The van der Waals surface area contributed by atoms with Crippen molar-refractivity contribution >= 4 is 34.8 Å². The molecule has 0 unspecified atom stereocenters. The van der Waals surface area contributed by atoms with Crippen LogP contribution in [0.1, 0.15) is 24.5 Å². The van der Waals surface area contributed by atoms with E-state index < -0.39 is 0 Å². The minimum Gasteiger partial charge on any atom is -0.325 e. The van der Waals surface area contributed by atoms with E-state index in [1.807, 2.05) is 37.3 Å². The number of hydrogen-bond donors (Lipinski definition) is 1. The molecule has 2 aromatic carbocycles. The lowest BCUT2D eigenvalue weighted by atomic mass is 10.1. The number of anilines is 2. The summed E-state index contributed by atoms with van der Waals surface area (Å²) in [5.41, 5.74) is 3.54. The van der Waals surface area contributed by atoms with Gasteiger partial charge in [0.2, 0.25) is 11.8 Å². The monoisotopic (exact) mass is 356 g/mol. The number of para-hydroxylation sites is 1. The van der Waals surface area contributed by atoms with E-state index >= 15 is 0 Å². The van der Waals surface area contributed by atoms with Crippen LogP contribution in [0.15, 0.2) is 42.5 Å². The van der Waals surface area contributed by atoms with Crippen LogP contribution < -0.4 is 10.2 Å². The highest BCUT2D eigenvalue weighted by Crippen LogP contribution is 2.30. The lowest BCUT2D eigenvalue weighted by Gasteiger charge is -2.20. The fraction of sp³-hybridized carbons (Fsp3) is 0.300. The van der Waals surface area contributed by atoms with E-state index in [1.54, 1.807) is 17.0 Å². The summed E-state index contributed by atoms with van der Waals surface area (Å²) in [6.45, 7) is 4.33. The molecule has 0 aromatic heterocycles. The summed E-state index contributed by atoms with van der Waals surface area (Å²) in [6.07, 6.45) is 1.07. The van der Waals surface area contributed by atoms with Gasteiger partial charge in [0.05, 0.1) is 5.92 Å². The number of benzene rings is 2. The van der Waals surface area contributed by atoms with Gasteiger partial charge in [0, 0.05) is 29.4 Å². The second-order valence-corrected chi connectivity index (χ2v) is 6.70. The van der Waals surface area contributed by atoms with Gasteiger partial charge in [0.15, 0.2) is 0 Å². The summed E-state index contributed by atoms with van der Waals surface area (Å²) >= 11 is 6.10. The molecule has 4 nitrogen and oxygen atoms in total. The Morgan fingerprint density at radius 1 is 1.24 bits per heavy atom. The summed E-state index contributed by atoms with van der Waals surface area (Å²) in [5, 5.41) is 3.52. The maximum atomic E-state index is 12.6. The average molecular weight is 357 g/mol. The van der Waals surface area contributed by atoms with Gasteiger partial charge in [-0.05, 0) is 42.7 Å². The van der Waals surface area contributed by atoms with Crippen molar-refractivity contribution in [1.82, 2.24) is 0 Å².